The monoisotopic (exact) mass is 278 g/mol. The number of nitrogens with zero attached hydrogens (tertiary/aromatic N) is 3. The van der Waals surface area contributed by atoms with E-state index in [0.717, 1.165) is 17.0 Å². The Hall–Kier alpha value is -1.69. The van der Waals surface area contributed by atoms with Crippen molar-refractivity contribution in [3.8, 4) is 0 Å². The lowest BCUT2D eigenvalue weighted by Gasteiger charge is -2.10. The van der Waals surface area contributed by atoms with Crippen LogP contribution in [0.25, 0.3) is 0 Å². The van der Waals surface area contributed by atoms with Crippen LogP contribution in [0.4, 0.5) is 5.13 Å². The van der Waals surface area contributed by atoms with Crippen LogP contribution >= 0.6 is 11.3 Å². The first-order chi connectivity index (χ1) is 9.10. The van der Waals surface area contributed by atoms with Crippen molar-refractivity contribution in [3.63, 3.8) is 0 Å². The van der Waals surface area contributed by atoms with Crippen molar-refractivity contribution >= 4 is 22.4 Å². The summed E-state index contributed by atoms with van der Waals surface area (Å²) in [4.78, 5) is 17.5. The number of hydrogen-bond donors (Lipinski definition) is 1. The number of rotatable bonds is 5. The number of nitrogens with one attached hydrogen (secondary N) is 1. The zero-order valence-electron chi connectivity index (χ0n) is 11.4. The van der Waals surface area contributed by atoms with Gasteiger partial charge in [0.15, 0.2) is 5.13 Å². The summed E-state index contributed by atoms with van der Waals surface area (Å²) in [6.07, 6.45) is 4.86. The fourth-order valence-corrected chi connectivity index (χ4v) is 2.80. The normalized spacial score (nSPS) is 12.4. The summed E-state index contributed by atoms with van der Waals surface area (Å²) in [5.74, 6) is -0.0283. The molecule has 0 aromatic carbocycles. The zero-order valence-corrected chi connectivity index (χ0v) is 12.2. The molecule has 2 rings (SSSR count). The Labute approximate surface area is 116 Å². The van der Waals surface area contributed by atoms with E-state index in [-0.39, 0.29) is 11.9 Å². The van der Waals surface area contributed by atoms with Crippen LogP contribution in [0.2, 0.25) is 0 Å². The van der Waals surface area contributed by atoms with Gasteiger partial charge in [-0.25, -0.2) is 4.98 Å². The number of aryl methyl sites for hydroxylation is 2. The molecule has 5 nitrogen and oxygen atoms in total. The van der Waals surface area contributed by atoms with Crippen molar-refractivity contribution in [2.45, 2.75) is 39.7 Å². The predicted molar refractivity (Wildman–Crippen MR) is 76.4 cm³/mol. The number of amides is 1. The summed E-state index contributed by atoms with van der Waals surface area (Å²) < 4.78 is 1.78. The van der Waals surface area contributed by atoms with Crippen molar-refractivity contribution in [2.24, 2.45) is 0 Å². The van der Waals surface area contributed by atoms with E-state index < -0.39 is 0 Å². The molecule has 0 unspecified atom stereocenters. The van der Waals surface area contributed by atoms with E-state index in [1.165, 1.54) is 11.3 Å². The van der Waals surface area contributed by atoms with Crippen LogP contribution in [0.5, 0.6) is 0 Å². The fourth-order valence-electron chi connectivity index (χ4n) is 1.88. The Morgan fingerprint density at radius 2 is 2.37 bits per heavy atom. The van der Waals surface area contributed by atoms with Crippen LogP contribution < -0.4 is 5.32 Å². The van der Waals surface area contributed by atoms with Crippen molar-refractivity contribution in [1.29, 1.82) is 0 Å². The van der Waals surface area contributed by atoms with Gasteiger partial charge in [0.1, 0.15) is 0 Å². The molecule has 6 heteroatoms. The smallest absolute Gasteiger partial charge is 0.228 e. The number of anilines is 1. The molecular weight excluding hydrogens is 260 g/mol. The van der Waals surface area contributed by atoms with Crippen molar-refractivity contribution in [2.75, 3.05) is 5.32 Å². The molecule has 2 aromatic heterocycles. The Bertz CT molecular complexity index is 547. The van der Waals surface area contributed by atoms with Crippen LogP contribution in [0.3, 0.4) is 0 Å². The van der Waals surface area contributed by atoms with Crippen LogP contribution in [-0.2, 0) is 11.2 Å². The molecule has 19 heavy (non-hydrogen) atoms. The van der Waals surface area contributed by atoms with E-state index >= 15 is 0 Å². The molecule has 2 heterocycles. The molecular formula is C13H18N4OS. The van der Waals surface area contributed by atoms with Gasteiger partial charge in [0.2, 0.25) is 5.91 Å². The quantitative estimate of drug-likeness (QED) is 0.915. The maximum absolute atomic E-state index is 11.9. The van der Waals surface area contributed by atoms with Crippen LogP contribution in [0.15, 0.2) is 18.5 Å². The minimum Gasteiger partial charge on any atom is -0.302 e. The molecule has 0 saturated heterocycles. The predicted octanol–water partition coefficient (Wildman–Crippen LogP) is 2.80. The molecule has 0 aliphatic heterocycles. The van der Waals surface area contributed by atoms with Gasteiger partial charge in [0.25, 0.3) is 0 Å². The number of thiazole rings is 1. The molecule has 0 spiro atoms. The van der Waals surface area contributed by atoms with Gasteiger partial charge in [-0.05, 0) is 26.3 Å². The first kappa shape index (κ1) is 13.7. The van der Waals surface area contributed by atoms with Gasteiger partial charge in [-0.3, -0.25) is 9.48 Å². The third-order valence-corrected chi connectivity index (χ3v) is 3.86. The van der Waals surface area contributed by atoms with Crippen LogP contribution in [-0.4, -0.2) is 20.7 Å². The summed E-state index contributed by atoms with van der Waals surface area (Å²) in [6, 6.07) is 1.90. The lowest BCUT2D eigenvalue weighted by molar-refractivity contribution is -0.116. The number of aromatic nitrogens is 3. The first-order valence-electron chi connectivity index (χ1n) is 6.35. The van der Waals surface area contributed by atoms with Crippen LogP contribution in [0, 0.1) is 6.92 Å². The SMILES string of the molecule is CCc1nc(NC(=O)C[C@H](C)n2cccn2)sc1C. The van der Waals surface area contributed by atoms with E-state index in [0.29, 0.717) is 11.6 Å². The topological polar surface area (TPSA) is 59.8 Å². The van der Waals surface area contributed by atoms with Gasteiger partial charge in [-0.2, -0.15) is 5.10 Å². The summed E-state index contributed by atoms with van der Waals surface area (Å²) in [5.41, 5.74) is 1.06. The Balaban J connectivity index is 1.93. The lowest BCUT2D eigenvalue weighted by Crippen LogP contribution is -2.17. The summed E-state index contributed by atoms with van der Waals surface area (Å²) in [5, 5.41) is 7.68. The molecule has 0 aliphatic carbocycles. The fraction of sp³-hybridized carbons (Fsp3) is 0.462. The second-order valence-corrected chi connectivity index (χ2v) is 5.67. The zero-order chi connectivity index (χ0) is 13.8. The summed E-state index contributed by atoms with van der Waals surface area (Å²) >= 11 is 1.53. The largest absolute Gasteiger partial charge is 0.302 e. The number of hydrogen-bond acceptors (Lipinski definition) is 4. The lowest BCUT2D eigenvalue weighted by atomic mass is 10.2. The average Bonchev–Trinajstić information content (AvgIpc) is 2.98. The molecule has 0 bridgehead atoms. The highest BCUT2D eigenvalue weighted by atomic mass is 32.1. The van der Waals surface area contributed by atoms with Gasteiger partial charge < -0.3 is 5.32 Å². The molecule has 1 atom stereocenters. The van der Waals surface area contributed by atoms with Crippen LogP contribution in [0.1, 0.15) is 36.9 Å². The number of carbonyl (C=O) groups is 1. The minimum atomic E-state index is -0.0283. The van der Waals surface area contributed by atoms with E-state index in [1.807, 2.05) is 26.1 Å². The number of carbonyl (C=O) groups excluding carboxylic acids is 1. The van der Waals surface area contributed by atoms with Crippen molar-refractivity contribution < 1.29 is 4.79 Å². The van der Waals surface area contributed by atoms with E-state index in [1.54, 1.807) is 10.9 Å². The third-order valence-electron chi connectivity index (χ3n) is 2.93. The Kier molecular flexibility index (Phi) is 4.31. The van der Waals surface area contributed by atoms with Gasteiger partial charge in [-0.1, -0.05) is 6.92 Å². The first-order valence-corrected chi connectivity index (χ1v) is 7.17. The molecule has 1 amide bonds. The van der Waals surface area contributed by atoms with Crippen molar-refractivity contribution in [3.05, 3.63) is 29.0 Å². The highest BCUT2D eigenvalue weighted by Crippen LogP contribution is 2.23. The highest BCUT2D eigenvalue weighted by molar-refractivity contribution is 7.15. The molecule has 2 aromatic rings. The second kappa shape index (κ2) is 5.97. The maximum Gasteiger partial charge on any atom is 0.228 e. The van der Waals surface area contributed by atoms with E-state index in [9.17, 15) is 4.79 Å². The molecule has 0 fully saturated rings. The Morgan fingerprint density at radius 1 is 1.58 bits per heavy atom. The summed E-state index contributed by atoms with van der Waals surface area (Å²) in [7, 11) is 0. The van der Waals surface area contributed by atoms with Gasteiger partial charge >= 0.3 is 0 Å². The standard InChI is InChI=1S/C13H18N4OS/c1-4-11-10(3)19-13(15-11)16-12(18)8-9(2)17-7-5-6-14-17/h5-7,9H,4,8H2,1-3H3,(H,15,16,18)/t9-/m0/s1. The van der Waals surface area contributed by atoms with Gasteiger partial charge in [-0.15, -0.1) is 11.3 Å². The maximum atomic E-state index is 11.9. The average molecular weight is 278 g/mol. The molecule has 0 aliphatic rings. The third kappa shape index (κ3) is 3.41. The Morgan fingerprint density at radius 3 is 2.95 bits per heavy atom. The van der Waals surface area contributed by atoms with Crippen molar-refractivity contribution in [1.82, 2.24) is 14.8 Å². The molecule has 0 radical (unpaired) electrons. The highest BCUT2D eigenvalue weighted by Gasteiger charge is 2.13. The van der Waals surface area contributed by atoms with Gasteiger partial charge in [0.05, 0.1) is 11.7 Å². The summed E-state index contributed by atoms with van der Waals surface area (Å²) in [6.45, 7) is 6.06. The minimum absolute atomic E-state index is 0.0283. The van der Waals surface area contributed by atoms with E-state index in [2.05, 4.69) is 22.3 Å². The van der Waals surface area contributed by atoms with Gasteiger partial charge in [0, 0.05) is 23.7 Å². The van der Waals surface area contributed by atoms with E-state index in [4.69, 9.17) is 0 Å². The molecule has 0 saturated carbocycles. The second-order valence-electron chi connectivity index (χ2n) is 4.46. The molecule has 1 N–H and O–H groups in total. The molecule has 102 valence electrons.